The van der Waals surface area contributed by atoms with E-state index in [1.54, 1.807) is 0 Å². The first-order valence-electron chi connectivity index (χ1n) is 5.76. The van der Waals surface area contributed by atoms with Crippen LogP contribution in [0.1, 0.15) is 12.8 Å². The van der Waals surface area contributed by atoms with Crippen molar-refractivity contribution in [1.29, 1.82) is 0 Å². The average molecular weight is 408 g/mol. The van der Waals surface area contributed by atoms with E-state index in [-0.39, 0.29) is 10.5 Å². The summed E-state index contributed by atoms with van der Waals surface area (Å²) >= 11 is 0. The van der Waals surface area contributed by atoms with Crippen molar-refractivity contribution in [2.24, 2.45) is 0 Å². The summed E-state index contributed by atoms with van der Waals surface area (Å²) in [6.07, 6.45) is -10.6. The molecule has 0 N–H and O–H groups in total. The van der Waals surface area contributed by atoms with Gasteiger partial charge in [-0.15, -0.1) is 0 Å². The fraction of sp³-hybridized carbons (Fsp3) is 1.00. The topological polar surface area (TPSA) is 9.23 Å². The first-order chi connectivity index (χ1) is 10.3. The van der Waals surface area contributed by atoms with Crippen molar-refractivity contribution in [3.8, 4) is 0 Å². The van der Waals surface area contributed by atoms with Crippen molar-refractivity contribution in [3.05, 3.63) is 0 Å². The van der Waals surface area contributed by atoms with Crippen LogP contribution >= 0.6 is 0 Å². The van der Waals surface area contributed by atoms with Crippen LogP contribution in [0.25, 0.3) is 0 Å². The minimum Gasteiger partial charge on any atom is -0.428 e. The fourth-order valence-electron chi connectivity index (χ4n) is 1.40. The second kappa shape index (κ2) is 6.53. The highest BCUT2D eigenvalue weighted by Gasteiger charge is 2.90. The lowest BCUT2D eigenvalue weighted by atomic mass is 9.92. The van der Waals surface area contributed by atoms with E-state index in [9.17, 15) is 57.1 Å². The molecule has 0 rings (SSSR count). The highest BCUT2D eigenvalue weighted by Crippen LogP contribution is 2.60. The molecule has 0 saturated heterocycles. The zero-order valence-electron chi connectivity index (χ0n) is 11.4. The predicted molar refractivity (Wildman–Crippen MR) is 55.9 cm³/mol. The molecule has 146 valence electrons. The summed E-state index contributed by atoms with van der Waals surface area (Å²) in [7, 11) is -0.0733. The Morgan fingerprint density at radius 2 is 0.958 bits per heavy atom. The van der Waals surface area contributed by atoms with Gasteiger partial charge in [0.1, 0.15) is 10.5 Å². The van der Waals surface area contributed by atoms with Crippen LogP contribution in [0, 0.1) is 0 Å². The van der Waals surface area contributed by atoms with Crippen molar-refractivity contribution in [2.75, 3.05) is 6.61 Å². The molecule has 0 fully saturated rings. The van der Waals surface area contributed by atoms with E-state index in [0.717, 1.165) is 0 Å². The van der Waals surface area contributed by atoms with Gasteiger partial charge in [0.15, 0.2) is 0 Å². The Labute approximate surface area is 128 Å². The van der Waals surface area contributed by atoms with Crippen LogP contribution in [0.2, 0.25) is 0 Å². The molecule has 0 heterocycles. The number of hydrogen-bond donors (Lipinski definition) is 0. The molecule has 0 atom stereocenters. The summed E-state index contributed by atoms with van der Waals surface area (Å²) in [5.74, 6) is -36.4. The normalized spacial score (nSPS) is 15.9. The van der Waals surface area contributed by atoms with Gasteiger partial charge in [-0.25, -0.2) is 0 Å². The number of halogens is 13. The van der Waals surface area contributed by atoms with Crippen molar-refractivity contribution in [1.82, 2.24) is 0 Å². The van der Waals surface area contributed by atoms with Gasteiger partial charge >= 0.3 is 35.8 Å². The SMILES string of the molecule is FC(F)(F)C(F)(F)C(F)(F)C(F)(F)C(F)(F)C(F)(F)CCCO[SiH3]. The zero-order chi connectivity index (χ0) is 19.8. The molecule has 0 radical (unpaired) electrons. The molecule has 0 aromatic carbocycles. The molecule has 24 heavy (non-hydrogen) atoms. The summed E-state index contributed by atoms with van der Waals surface area (Å²) in [6, 6.07) is 0. The standard InChI is InChI=1S/C9H9F13OSi/c10-4(11,2-1-3-23-24)5(12,13)6(14,15)7(16,17)8(18,19)9(20,21)22/h1-3H2,24H3. The first-order valence-corrected chi connectivity index (χ1v) is 6.57. The molecule has 0 aromatic heterocycles. The van der Waals surface area contributed by atoms with Crippen LogP contribution in [0.3, 0.4) is 0 Å². The van der Waals surface area contributed by atoms with Gasteiger partial charge in [-0.05, 0) is 6.42 Å². The second-order valence-corrected chi connectivity index (χ2v) is 5.17. The number of hydrogen-bond acceptors (Lipinski definition) is 1. The third-order valence-corrected chi connectivity index (χ3v) is 3.25. The molecule has 0 unspecified atom stereocenters. The fourth-order valence-corrected chi connectivity index (χ4v) is 1.69. The van der Waals surface area contributed by atoms with E-state index in [2.05, 4.69) is 4.43 Å². The molecule has 0 spiro atoms. The van der Waals surface area contributed by atoms with Gasteiger partial charge in [-0.3, -0.25) is 0 Å². The van der Waals surface area contributed by atoms with Gasteiger partial charge in [0.2, 0.25) is 0 Å². The van der Waals surface area contributed by atoms with Gasteiger partial charge < -0.3 is 4.43 Å². The van der Waals surface area contributed by atoms with Gasteiger partial charge in [0, 0.05) is 13.0 Å². The minimum absolute atomic E-state index is 0.0733. The molecule has 0 aliphatic carbocycles. The van der Waals surface area contributed by atoms with Crippen molar-refractivity contribution in [3.63, 3.8) is 0 Å². The summed E-state index contributed by atoms with van der Waals surface area (Å²) in [5.41, 5.74) is 0. The molecule has 0 aliphatic heterocycles. The van der Waals surface area contributed by atoms with Crippen LogP contribution in [0.5, 0.6) is 0 Å². The monoisotopic (exact) mass is 408 g/mol. The molecule has 0 bridgehead atoms. The minimum atomic E-state index is -7.83. The van der Waals surface area contributed by atoms with Gasteiger partial charge in [0.25, 0.3) is 0 Å². The summed E-state index contributed by atoms with van der Waals surface area (Å²) in [6.45, 7) is -0.654. The first kappa shape index (κ1) is 23.3. The van der Waals surface area contributed by atoms with Gasteiger partial charge in [-0.2, -0.15) is 57.1 Å². The van der Waals surface area contributed by atoms with Crippen LogP contribution in [-0.2, 0) is 4.43 Å². The van der Waals surface area contributed by atoms with Gasteiger partial charge in [0.05, 0.1) is 0 Å². The Morgan fingerprint density at radius 1 is 0.583 bits per heavy atom. The molecule has 0 aliphatic rings. The van der Waals surface area contributed by atoms with E-state index in [4.69, 9.17) is 0 Å². The largest absolute Gasteiger partial charge is 0.460 e. The molecule has 15 heteroatoms. The van der Waals surface area contributed by atoms with E-state index >= 15 is 0 Å². The van der Waals surface area contributed by atoms with E-state index in [0.29, 0.717) is 0 Å². The van der Waals surface area contributed by atoms with Crippen LogP contribution in [-0.4, -0.2) is 52.9 Å². The van der Waals surface area contributed by atoms with Crippen LogP contribution in [0.4, 0.5) is 57.1 Å². The number of alkyl halides is 13. The number of rotatable bonds is 8. The summed E-state index contributed by atoms with van der Waals surface area (Å²) in [5, 5.41) is 0. The Morgan fingerprint density at radius 3 is 1.29 bits per heavy atom. The zero-order valence-corrected chi connectivity index (χ0v) is 13.4. The van der Waals surface area contributed by atoms with Crippen LogP contribution in [0.15, 0.2) is 0 Å². The second-order valence-electron chi connectivity index (χ2n) is 4.60. The molecule has 0 saturated carbocycles. The van der Waals surface area contributed by atoms with Gasteiger partial charge in [-0.1, -0.05) is 0 Å². The quantitative estimate of drug-likeness (QED) is 0.337. The Hall–Kier alpha value is -0.733. The van der Waals surface area contributed by atoms with E-state index in [1.807, 2.05) is 0 Å². The third-order valence-electron chi connectivity index (χ3n) is 2.84. The van der Waals surface area contributed by atoms with Crippen LogP contribution < -0.4 is 0 Å². The highest BCUT2D eigenvalue weighted by atomic mass is 28.2. The Kier molecular flexibility index (Phi) is 6.33. The summed E-state index contributed by atoms with van der Waals surface area (Å²) < 4.78 is 169. The highest BCUT2D eigenvalue weighted by molar-refractivity contribution is 5.97. The van der Waals surface area contributed by atoms with Crippen molar-refractivity contribution < 1.29 is 61.5 Å². The predicted octanol–water partition coefficient (Wildman–Crippen LogP) is 3.80. The lowest BCUT2D eigenvalue weighted by Crippen LogP contribution is -2.70. The van der Waals surface area contributed by atoms with E-state index in [1.165, 1.54) is 0 Å². The smallest absolute Gasteiger partial charge is 0.428 e. The summed E-state index contributed by atoms with van der Waals surface area (Å²) in [4.78, 5) is 0. The lowest BCUT2D eigenvalue weighted by molar-refractivity contribution is -0.440. The maximum atomic E-state index is 13.1. The Bertz CT molecular complexity index is 430. The Balaban J connectivity index is 5.92. The molecular formula is C9H9F13OSi. The molecule has 0 aromatic rings. The maximum Gasteiger partial charge on any atom is 0.460 e. The molecular weight excluding hydrogens is 399 g/mol. The van der Waals surface area contributed by atoms with Crippen molar-refractivity contribution in [2.45, 2.75) is 48.6 Å². The molecule has 1 nitrogen and oxygen atoms in total. The third kappa shape index (κ3) is 3.46. The average Bonchev–Trinajstić information content (AvgIpc) is 2.36. The molecule has 0 amide bonds. The van der Waals surface area contributed by atoms with Crippen molar-refractivity contribution >= 4 is 10.5 Å². The maximum absolute atomic E-state index is 13.1. The van der Waals surface area contributed by atoms with E-state index < -0.39 is 55.2 Å². The lowest BCUT2D eigenvalue weighted by Gasteiger charge is -2.39.